The van der Waals surface area contributed by atoms with E-state index in [1.165, 1.54) is 16.7 Å². The van der Waals surface area contributed by atoms with Gasteiger partial charge in [0, 0.05) is 18.7 Å². The first-order valence-corrected chi connectivity index (χ1v) is 8.76. The van der Waals surface area contributed by atoms with Gasteiger partial charge in [0.2, 0.25) is 5.91 Å². The summed E-state index contributed by atoms with van der Waals surface area (Å²) in [7, 11) is 1.98. The van der Waals surface area contributed by atoms with Crippen LogP contribution in [0.25, 0.3) is 0 Å². The first kappa shape index (κ1) is 16.7. The molecule has 24 heavy (non-hydrogen) atoms. The highest BCUT2D eigenvalue weighted by Gasteiger charge is 2.27. The van der Waals surface area contributed by atoms with Gasteiger partial charge in [0.15, 0.2) is 0 Å². The molecule has 0 radical (unpaired) electrons. The fourth-order valence-corrected chi connectivity index (χ4v) is 3.61. The fourth-order valence-electron chi connectivity index (χ4n) is 3.61. The predicted molar refractivity (Wildman–Crippen MR) is 99.4 cm³/mol. The summed E-state index contributed by atoms with van der Waals surface area (Å²) in [5.74, 6) is 0.707. The quantitative estimate of drug-likeness (QED) is 0.915. The summed E-state index contributed by atoms with van der Waals surface area (Å²) in [5.41, 5.74) is 4.91. The Labute approximate surface area is 144 Å². The second kappa shape index (κ2) is 7.63. The zero-order valence-corrected chi connectivity index (χ0v) is 14.6. The highest BCUT2D eigenvalue weighted by atomic mass is 16.2. The lowest BCUT2D eigenvalue weighted by Gasteiger charge is -2.34. The van der Waals surface area contributed by atoms with Crippen molar-refractivity contribution >= 4 is 11.6 Å². The summed E-state index contributed by atoms with van der Waals surface area (Å²) < 4.78 is 0. The molecule has 3 heteroatoms. The molecule has 3 rings (SSSR count). The van der Waals surface area contributed by atoms with Crippen LogP contribution in [0.1, 0.15) is 23.1 Å². The highest BCUT2D eigenvalue weighted by Crippen LogP contribution is 2.30. The van der Waals surface area contributed by atoms with Crippen LogP contribution in [0.3, 0.4) is 0 Å². The SMILES string of the molecule is CNCC1Cc2ccccc2N(C(=O)CCc2ccccc2C)C1. The number of para-hydroxylation sites is 1. The molecule has 1 amide bonds. The Morgan fingerprint density at radius 3 is 2.71 bits per heavy atom. The molecule has 1 unspecified atom stereocenters. The van der Waals surface area contributed by atoms with Crippen molar-refractivity contribution in [3.63, 3.8) is 0 Å². The molecule has 0 bridgehead atoms. The number of carbonyl (C=O) groups is 1. The average molecular weight is 322 g/mol. The van der Waals surface area contributed by atoms with Gasteiger partial charge in [-0.2, -0.15) is 0 Å². The van der Waals surface area contributed by atoms with Crippen LogP contribution in [0, 0.1) is 12.8 Å². The molecular formula is C21H26N2O. The van der Waals surface area contributed by atoms with E-state index in [1.54, 1.807) is 0 Å². The third-order valence-electron chi connectivity index (χ3n) is 4.90. The van der Waals surface area contributed by atoms with Gasteiger partial charge in [0.05, 0.1) is 0 Å². The van der Waals surface area contributed by atoms with Crippen LogP contribution >= 0.6 is 0 Å². The molecule has 126 valence electrons. The minimum atomic E-state index is 0.228. The summed E-state index contributed by atoms with van der Waals surface area (Å²) >= 11 is 0. The van der Waals surface area contributed by atoms with Crippen LogP contribution < -0.4 is 10.2 Å². The van der Waals surface area contributed by atoms with E-state index in [9.17, 15) is 4.79 Å². The topological polar surface area (TPSA) is 32.3 Å². The normalized spacial score (nSPS) is 16.8. The second-order valence-electron chi connectivity index (χ2n) is 6.69. The lowest BCUT2D eigenvalue weighted by atomic mass is 9.92. The molecular weight excluding hydrogens is 296 g/mol. The van der Waals surface area contributed by atoms with E-state index >= 15 is 0 Å². The highest BCUT2D eigenvalue weighted by molar-refractivity contribution is 5.94. The Bertz CT molecular complexity index is 710. The summed E-state index contributed by atoms with van der Waals surface area (Å²) in [6, 6.07) is 16.6. The molecule has 1 atom stereocenters. The van der Waals surface area contributed by atoms with Gasteiger partial charge in [-0.15, -0.1) is 0 Å². The number of hydrogen-bond acceptors (Lipinski definition) is 2. The number of benzene rings is 2. The van der Waals surface area contributed by atoms with E-state index in [0.717, 1.165) is 31.6 Å². The molecule has 3 nitrogen and oxygen atoms in total. The minimum absolute atomic E-state index is 0.228. The third kappa shape index (κ3) is 3.68. The van der Waals surface area contributed by atoms with Crippen molar-refractivity contribution < 1.29 is 4.79 Å². The molecule has 1 aliphatic rings. The van der Waals surface area contributed by atoms with Crippen molar-refractivity contribution in [1.82, 2.24) is 5.32 Å². The van der Waals surface area contributed by atoms with Gasteiger partial charge in [0.1, 0.15) is 0 Å². The lowest BCUT2D eigenvalue weighted by molar-refractivity contribution is -0.118. The number of carbonyl (C=O) groups excluding carboxylic acids is 1. The van der Waals surface area contributed by atoms with Crippen LogP contribution in [-0.2, 0) is 17.6 Å². The molecule has 2 aromatic rings. The monoisotopic (exact) mass is 322 g/mol. The van der Waals surface area contributed by atoms with Crippen LogP contribution in [0.5, 0.6) is 0 Å². The molecule has 1 N–H and O–H groups in total. The molecule has 2 aromatic carbocycles. The summed E-state index contributed by atoms with van der Waals surface area (Å²) in [4.78, 5) is 14.9. The van der Waals surface area contributed by atoms with Gasteiger partial charge in [0.25, 0.3) is 0 Å². The van der Waals surface area contributed by atoms with Gasteiger partial charge in [-0.1, -0.05) is 42.5 Å². The van der Waals surface area contributed by atoms with Gasteiger partial charge in [-0.25, -0.2) is 0 Å². The number of fused-ring (bicyclic) bond motifs is 1. The zero-order chi connectivity index (χ0) is 16.9. The molecule has 1 heterocycles. The molecule has 0 spiro atoms. The van der Waals surface area contributed by atoms with Crippen molar-refractivity contribution in [2.75, 3.05) is 25.0 Å². The van der Waals surface area contributed by atoms with Gasteiger partial charge in [-0.05, 0) is 62.0 Å². The number of nitrogens with one attached hydrogen (secondary N) is 1. The second-order valence-corrected chi connectivity index (χ2v) is 6.69. The summed E-state index contributed by atoms with van der Waals surface area (Å²) in [5, 5.41) is 3.26. The summed E-state index contributed by atoms with van der Waals surface area (Å²) in [6.07, 6.45) is 2.41. The maximum absolute atomic E-state index is 12.9. The molecule has 1 aliphatic heterocycles. The number of anilines is 1. The van der Waals surface area contributed by atoms with E-state index in [1.807, 2.05) is 30.1 Å². The van der Waals surface area contributed by atoms with E-state index in [2.05, 4.69) is 42.6 Å². The van der Waals surface area contributed by atoms with E-state index in [-0.39, 0.29) is 5.91 Å². The standard InChI is InChI=1S/C21H26N2O/c1-16-7-3-4-8-18(16)11-12-21(24)23-15-17(14-22-2)13-19-9-5-6-10-20(19)23/h3-10,17,22H,11-15H2,1-2H3. The van der Waals surface area contributed by atoms with E-state index in [4.69, 9.17) is 0 Å². The third-order valence-corrected chi connectivity index (χ3v) is 4.90. The smallest absolute Gasteiger partial charge is 0.227 e. The number of amides is 1. The van der Waals surface area contributed by atoms with Crippen molar-refractivity contribution in [2.45, 2.75) is 26.2 Å². The number of hydrogen-bond donors (Lipinski definition) is 1. The fraction of sp³-hybridized carbons (Fsp3) is 0.381. The Morgan fingerprint density at radius 1 is 1.17 bits per heavy atom. The molecule has 0 fully saturated rings. The zero-order valence-electron chi connectivity index (χ0n) is 14.6. The van der Waals surface area contributed by atoms with Crippen LogP contribution in [0.2, 0.25) is 0 Å². The maximum atomic E-state index is 12.9. The minimum Gasteiger partial charge on any atom is -0.319 e. The van der Waals surface area contributed by atoms with Crippen molar-refractivity contribution in [2.24, 2.45) is 5.92 Å². The summed E-state index contributed by atoms with van der Waals surface area (Å²) in [6.45, 7) is 3.86. The van der Waals surface area contributed by atoms with Crippen LogP contribution in [0.15, 0.2) is 48.5 Å². The first-order chi connectivity index (χ1) is 11.7. The number of nitrogens with zero attached hydrogens (tertiary/aromatic N) is 1. The molecule has 0 saturated carbocycles. The Balaban J connectivity index is 1.74. The van der Waals surface area contributed by atoms with Gasteiger partial charge >= 0.3 is 0 Å². The van der Waals surface area contributed by atoms with Gasteiger partial charge < -0.3 is 10.2 Å². The Hall–Kier alpha value is -2.13. The molecule has 0 aliphatic carbocycles. The van der Waals surface area contributed by atoms with E-state index < -0.39 is 0 Å². The molecule has 0 aromatic heterocycles. The van der Waals surface area contributed by atoms with Crippen molar-refractivity contribution in [3.8, 4) is 0 Å². The van der Waals surface area contributed by atoms with Crippen molar-refractivity contribution in [1.29, 1.82) is 0 Å². The number of rotatable bonds is 5. The van der Waals surface area contributed by atoms with Crippen molar-refractivity contribution in [3.05, 3.63) is 65.2 Å². The number of aryl methyl sites for hydroxylation is 2. The Morgan fingerprint density at radius 2 is 1.92 bits per heavy atom. The predicted octanol–water partition coefficient (Wildman–Crippen LogP) is 3.35. The molecule has 0 saturated heterocycles. The largest absolute Gasteiger partial charge is 0.319 e. The van der Waals surface area contributed by atoms with Gasteiger partial charge in [-0.3, -0.25) is 4.79 Å². The lowest BCUT2D eigenvalue weighted by Crippen LogP contribution is -2.42. The van der Waals surface area contributed by atoms with Crippen LogP contribution in [0.4, 0.5) is 5.69 Å². The maximum Gasteiger partial charge on any atom is 0.227 e. The van der Waals surface area contributed by atoms with E-state index in [0.29, 0.717) is 12.3 Å². The average Bonchev–Trinajstić information content (AvgIpc) is 2.60. The first-order valence-electron chi connectivity index (χ1n) is 8.76. The van der Waals surface area contributed by atoms with Crippen LogP contribution in [-0.4, -0.2) is 26.0 Å². The Kier molecular flexibility index (Phi) is 5.31.